The molecule has 0 atom stereocenters. The van der Waals surface area contributed by atoms with Gasteiger partial charge in [-0.05, 0) is 65.2 Å². The number of aromatic nitrogens is 2. The molecule has 0 N–H and O–H groups in total. The maximum atomic E-state index is 12.9. The smallest absolute Gasteiger partial charge is 0.195 e. The lowest BCUT2D eigenvalue weighted by atomic mass is 9.90. The number of ether oxygens (including phenoxy) is 2. The number of benzene rings is 3. The molecule has 0 unspecified atom stereocenters. The van der Waals surface area contributed by atoms with Crippen LogP contribution in [-0.2, 0) is 0 Å². The molecular formula is C26H18N2O3. The summed E-state index contributed by atoms with van der Waals surface area (Å²) in [6.07, 6.45) is 2.02. The summed E-state index contributed by atoms with van der Waals surface area (Å²) in [6.45, 7) is 0. The van der Waals surface area contributed by atoms with Gasteiger partial charge < -0.3 is 9.47 Å². The Labute approximate surface area is 178 Å². The van der Waals surface area contributed by atoms with Gasteiger partial charge in [0.05, 0.1) is 19.9 Å². The number of hydrogen-bond donors (Lipinski definition) is 0. The Morgan fingerprint density at radius 3 is 1.97 bits per heavy atom. The van der Waals surface area contributed by atoms with Crippen LogP contribution in [0.2, 0.25) is 0 Å². The van der Waals surface area contributed by atoms with Crippen LogP contribution in [0.15, 0.2) is 77.7 Å². The van der Waals surface area contributed by atoms with Crippen LogP contribution in [0.25, 0.3) is 50.3 Å². The van der Waals surface area contributed by atoms with Gasteiger partial charge in [0, 0.05) is 28.5 Å². The minimum absolute atomic E-state index is 0.0823. The van der Waals surface area contributed by atoms with Gasteiger partial charge in [0.1, 0.15) is 17.2 Å². The fraction of sp³-hybridized carbons (Fsp3) is 0.0769. The molecule has 31 heavy (non-hydrogen) atoms. The van der Waals surface area contributed by atoms with Gasteiger partial charge >= 0.3 is 0 Å². The molecule has 0 radical (unpaired) electrons. The van der Waals surface area contributed by atoms with E-state index in [0.717, 1.165) is 61.8 Å². The molecule has 5 nitrogen and oxygen atoms in total. The number of para-hydroxylation sites is 1. The highest BCUT2D eigenvalue weighted by Crippen LogP contribution is 2.50. The third kappa shape index (κ3) is 2.56. The second-order valence-corrected chi connectivity index (χ2v) is 7.57. The van der Waals surface area contributed by atoms with Crippen LogP contribution in [0.4, 0.5) is 0 Å². The third-order valence-electron chi connectivity index (χ3n) is 5.91. The highest BCUT2D eigenvalue weighted by Gasteiger charge is 2.34. The Kier molecular flexibility index (Phi) is 3.68. The van der Waals surface area contributed by atoms with E-state index in [-0.39, 0.29) is 5.43 Å². The zero-order chi connectivity index (χ0) is 21.1. The summed E-state index contributed by atoms with van der Waals surface area (Å²) in [6, 6.07) is 21.6. The normalized spacial score (nSPS) is 11.7. The molecule has 0 spiro atoms. The van der Waals surface area contributed by atoms with Crippen molar-refractivity contribution in [3.05, 3.63) is 83.2 Å². The first-order chi connectivity index (χ1) is 15.2. The lowest BCUT2D eigenvalue weighted by Gasteiger charge is -2.14. The first-order valence-electron chi connectivity index (χ1n) is 10.0. The monoisotopic (exact) mass is 406 g/mol. The molecule has 0 amide bonds. The Bertz CT molecular complexity index is 1380. The fourth-order valence-corrected chi connectivity index (χ4v) is 4.32. The lowest BCUT2D eigenvalue weighted by Crippen LogP contribution is -1.95. The molecule has 1 aliphatic rings. The van der Waals surface area contributed by atoms with E-state index < -0.39 is 0 Å². The molecule has 6 rings (SSSR count). The number of hydrogen-bond acceptors (Lipinski definition) is 4. The van der Waals surface area contributed by atoms with Gasteiger partial charge in [-0.3, -0.25) is 4.79 Å². The van der Waals surface area contributed by atoms with Crippen LogP contribution < -0.4 is 14.9 Å². The quantitative estimate of drug-likeness (QED) is 0.410. The first-order valence-corrected chi connectivity index (χ1v) is 10.0. The van der Waals surface area contributed by atoms with Crippen molar-refractivity contribution >= 4 is 0 Å². The first kappa shape index (κ1) is 17.7. The molecule has 1 heterocycles. The van der Waals surface area contributed by atoms with Gasteiger partial charge in [0.2, 0.25) is 0 Å². The van der Waals surface area contributed by atoms with E-state index in [4.69, 9.17) is 14.6 Å². The highest BCUT2D eigenvalue weighted by atomic mass is 16.5. The van der Waals surface area contributed by atoms with E-state index in [1.807, 2.05) is 77.6 Å². The van der Waals surface area contributed by atoms with E-state index in [2.05, 4.69) is 0 Å². The summed E-state index contributed by atoms with van der Waals surface area (Å²) in [4.78, 5) is 12.9. The van der Waals surface area contributed by atoms with E-state index in [0.29, 0.717) is 0 Å². The number of methoxy groups -OCH3 is 2. The number of fused-ring (bicyclic) bond motifs is 8. The Balaban J connectivity index is 1.71. The molecule has 0 saturated carbocycles. The molecule has 4 aromatic carbocycles. The van der Waals surface area contributed by atoms with Crippen molar-refractivity contribution in [1.82, 2.24) is 9.78 Å². The fourth-order valence-electron chi connectivity index (χ4n) is 4.32. The second-order valence-electron chi connectivity index (χ2n) is 7.57. The van der Waals surface area contributed by atoms with Crippen LogP contribution in [0.3, 0.4) is 0 Å². The van der Waals surface area contributed by atoms with E-state index in [1.54, 1.807) is 14.2 Å². The van der Waals surface area contributed by atoms with Crippen LogP contribution in [0.1, 0.15) is 0 Å². The summed E-state index contributed by atoms with van der Waals surface area (Å²) in [5.74, 6) is 1.46. The summed E-state index contributed by atoms with van der Waals surface area (Å²) in [7, 11) is 3.29. The van der Waals surface area contributed by atoms with Gasteiger partial charge in [0.25, 0.3) is 0 Å². The van der Waals surface area contributed by atoms with Crippen molar-refractivity contribution in [3.8, 4) is 61.8 Å². The molecule has 1 aromatic heterocycles. The molecule has 0 saturated heterocycles. The average molecular weight is 406 g/mol. The van der Waals surface area contributed by atoms with E-state index >= 15 is 0 Å². The summed E-state index contributed by atoms with van der Waals surface area (Å²) in [5, 5.41) is 4.96. The van der Waals surface area contributed by atoms with E-state index in [1.165, 1.54) is 0 Å². The Morgan fingerprint density at radius 1 is 0.710 bits per heavy atom. The predicted molar refractivity (Wildman–Crippen MR) is 121 cm³/mol. The highest BCUT2D eigenvalue weighted by molar-refractivity contribution is 6.07. The number of nitrogens with zero attached hydrogens (tertiary/aromatic N) is 2. The van der Waals surface area contributed by atoms with E-state index in [9.17, 15) is 4.79 Å². The molecule has 5 aromatic rings. The van der Waals surface area contributed by atoms with Gasteiger partial charge in [0.15, 0.2) is 5.43 Å². The molecular weight excluding hydrogens is 388 g/mol. The standard InChI is InChI=1S/C26H18N2O3/c1-30-16-8-10-18-20(12-16)22-14-28(15-6-4-3-5-7-15)27-25(22)21-13-17(31-2)9-11-19(21)24-23(18)26(24)29/h3-14H,1-2H3. The summed E-state index contributed by atoms with van der Waals surface area (Å²) >= 11 is 0. The Hall–Kier alpha value is -4.12. The van der Waals surface area contributed by atoms with Crippen LogP contribution in [-0.4, -0.2) is 24.0 Å². The predicted octanol–water partition coefficient (Wildman–Crippen LogP) is 5.11. The van der Waals surface area contributed by atoms with Gasteiger partial charge in [-0.2, -0.15) is 5.10 Å². The second kappa shape index (κ2) is 6.44. The zero-order valence-electron chi connectivity index (χ0n) is 17.0. The van der Waals surface area contributed by atoms with Crippen molar-refractivity contribution in [2.75, 3.05) is 14.2 Å². The minimum Gasteiger partial charge on any atom is -0.497 e. The van der Waals surface area contributed by atoms with Crippen molar-refractivity contribution in [2.45, 2.75) is 0 Å². The van der Waals surface area contributed by atoms with Crippen molar-refractivity contribution in [1.29, 1.82) is 0 Å². The maximum Gasteiger partial charge on any atom is 0.195 e. The zero-order valence-corrected chi connectivity index (χ0v) is 17.0. The lowest BCUT2D eigenvalue weighted by molar-refractivity contribution is 0.415. The van der Waals surface area contributed by atoms with Crippen LogP contribution in [0.5, 0.6) is 11.5 Å². The van der Waals surface area contributed by atoms with Crippen LogP contribution >= 0.6 is 0 Å². The SMILES string of the molecule is COc1ccc2c(c1)-c1cn(-c3ccccc3)nc1-c1cc(OC)ccc1-c1c-2c1=O. The molecule has 0 bridgehead atoms. The Morgan fingerprint density at radius 2 is 1.32 bits per heavy atom. The van der Waals surface area contributed by atoms with Gasteiger partial charge in [-0.25, -0.2) is 4.68 Å². The van der Waals surface area contributed by atoms with Crippen molar-refractivity contribution in [3.63, 3.8) is 0 Å². The largest absolute Gasteiger partial charge is 0.497 e. The molecule has 0 fully saturated rings. The minimum atomic E-state index is 0.0823. The topological polar surface area (TPSA) is 53.4 Å². The summed E-state index contributed by atoms with van der Waals surface area (Å²) in [5.41, 5.74) is 7.93. The average Bonchev–Trinajstić information content (AvgIpc) is 3.27. The molecule has 5 heteroatoms. The molecule has 1 aliphatic carbocycles. The van der Waals surface area contributed by atoms with Crippen molar-refractivity contribution in [2.24, 2.45) is 0 Å². The molecule has 0 aliphatic heterocycles. The van der Waals surface area contributed by atoms with Crippen LogP contribution in [0, 0.1) is 0 Å². The number of rotatable bonds is 3. The van der Waals surface area contributed by atoms with Gasteiger partial charge in [-0.1, -0.05) is 18.2 Å². The maximum absolute atomic E-state index is 12.9. The summed E-state index contributed by atoms with van der Waals surface area (Å²) < 4.78 is 12.9. The van der Waals surface area contributed by atoms with Crippen molar-refractivity contribution < 1.29 is 9.47 Å². The molecule has 150 valence electrons. The van der Waals surface area contributed by atoms with Gasteiger partial charge in [-0.15, -0.1) is 0 Å². The third-order valence-corrected chi connectivity index (χ3v) is 5.91.